The van der Waals surface area contributed by atoms with Crippen molar-refractivity contribution in [2.45, 2.75) is 6.54 Å². The molecule has 0 saturated heterocycles. The lowest BCUT2D eigenvalue weighted by Crippen LogP contribution is -2.00. The van der Waals surface area contributed by atoms with Gasteiger partial charge in [0.15, 0.2) is 0 Å². The normalized spacial score (nSPS) is 10.8. The van der Waals surface area contributed by atoms with Crippen molar-refractivity contribution in [2.75, 3.05) is 5.32 Å². The van der Waals surface area contributed by atoms with Crippen molar-refractivity contribution in [3.8, 4) is 5.75 Å². The molecule has 21 heavy (non-hydrogen) atoms. The summed E-state index contributed by atoms with van der Waals surface area (Å²) in [5.41, 5.74) is 1.88. The molecule has 0 aliphatic heterocycles. The molecule has 0 atom stereocenters. The van der Waals surface area contributed by atoms with Crippen LogP contribution in [0.3, 0.4) is 0 Å². The second-order valence-electron chi connectivity index (χ2n) is 4.77. The van der Waals surface area contributed by atoms with Crippen LogP contribution in [-0.2, 0) is 6.54 Å². The Balaban J connectivity index is 1.92. The summed E-state index contributed by atoms with van der Waals surface area (Å²) >= 11 is 12.2. The molecule has 0 saturated carbocycles. The highest BCUT2D eigenvalue weighted by Gasteiger charge is 2.05. The fraction of sp³-hybridized carbons (Fsp3) is 0.0588. The molecule has 3 aromatic rings. The maximum atomic E-state index is 9.90. The van der Waals surface area contributed by atoms with E-state index in [0.717, 1.165) is 22.0 Å². The Kier molecular flexibility index (Phi) is 3.91. The number of fused-ring (bicyclic) bond motifs is 1. The van der Waals surface area contributed by atoms with Crippen LogP contribution in [0.4, 0.5) is 5.69 Å². The van der Waals surface area contributed by atoms with Gasteiger partial charge in [-0.25, -0.2) is 0 Å². The first-order chi connectivity index (χ1) is 10.1. The predicted octanol–water partition coefficient (Wildman–Crippen LogP) is 5.46. The number of hydrogen-bond acceptors (Lipinski definition) is 2. The maximum Gasteiger partial charge on any atom is 0.123 e. The molecule has 0 fully saturated rings. The summed E-state index contributed by atoms with van der Waals surface area (Å²) in [5, 5.41) is 16.4. The van der Waals surface area contributed by atoms with Crippen molar-refractivity contribution in [3.63, 3.8) is 0 Å². The number of aromatic hydroxyl groups is 1. The number of benzene rings is 3. The van der Waals surface area contributed by atoms with Crippen LogP contribution < -0.4 is 5.32 Å². The highest BCUT2D eigenvalue weighted by atomic mass is 35.5. The lowest BCUT2D eigenvalue weighted by atomic mass is 10.1. The van der Waals surface area contributed by atoms with Gasteiger partial charge in [-0.2, -0.15) is 0 Å². The molecule has 0 aromatic heterocycles. The standard InChI is InChI=1S/C17H13Cl2NO/c18-12-7-8-15(19)11(9-12)10-20-16-5-1-4-14-13(16)3-2-6-17(14)21/h1-9,20-21H,10H2. The lowest BCUT2D eigenvalue weighted by molar-refractivity contribution is 0.481. The highest BCUT2D eigenvalue weighted by molar-refractivity contribution is 6.33. The van der Waals surface area contributed by atoms with Crippen LogP contribution in [0.15, 0.2) is 54.6 Å². The predicted molar refractivity (Wildman–Crippen MR) is 89.4 cm³/mol. The highest BCUT2D eigenvalue weighted by Crippen LogP contribution is 2.30. The van der Waals surface area contributed by atoms with Gasteiger partial charge in [0.05, 0.1) is 0 Å². The number of anilines is 1. The van der Waals surface area contributed by atoms with E-state index in [0.29, 0.717) is 16.6 Å². The summed E-state index contributed by atoms with van der Waals surface area (Å²) < 4.78 is 0. The van der Waals surface area contributed by atoms with Crippen molar-refractivity contribution in [1.82, 2.24) is 0 Å². The van der Waals surface area contributed by atoms with Crippen LogP contribution in [0.5, 0.6) is 5.75 Å². The number of phenols is 1. The molecule has 2 nitrogen and oxygen atoms in total. The lowest BCUT2D eigenvalue weighted by Gasteiger charge is -2.12. The first-order valence-corrected chi connectivity index (χ1v) is 7.29. The summed E-state index contributed by atoms with van der Waals surface area (Å²) in [6.07, 6.45) is 0. The molecule has 0 spiro atoms. The Morgan fingerprint density at radius 3 is 2.52 bits per heavy atom. The van der Waals surface area contributed by atoms with E-state index < -0.39 is 0 Å². The molecular weight excluding hydrogens is 305 g/mol. The molecular formula is C17H13Cl2NO. The van der Waals surface area contributed by atoms with Crippen LogP contribution in [0.25, 0.3) is 10.8 Å². The van der Waals surface area contributed by atoms with Crippen molar-refractivity contribution < 1.29 is 5.11 Å². The average molecular weight is 318 g/mol. The zero-order valence-electron chi connectivity index (χ0n) is 11.1. The molecule has 0 unspecified atom stereocenters. The van der Waals surface area contributed by atoms with E-state index in [1.54, 1.807) is 18.2 Å². The maximum absolute atomic E-state index is 9.90. The fourth-order valence-electron chi connectivity index (χ4n) is 2.32. The molecule has 3 aromatic carbocycles. The third-order valence-electron chi connectivity index (χ3n) is 3.38. The van der Waals surface area contributed by atoms with Gasteiger partial charge < -0.3 is 10.4 Å². The molecule has 0 amide bonds. The summed E-state index contributed by atoms with van der Waals surface area (Å²) in [4.78, 5) is 0. The van der Waals surface area contributed by atoms with Gasteiger partial charge in [0, 0.05) is 33.0 Å². The topological polar surface area (TPSA) is 32.3 Å². The number of rotatable bonds is 3. The zero-order chi connectivity index (χ0) is 14.8. The molecule has 4 heteroatoms. The van der Waals surface area contributed by atoms with E-state index in [-0.39, 0.29) is 5.75 Å². The van der Waals surface area contributed by atoms with Crippen LogP contribution in [0.1, 0.15) is 5.56 Å². The van der Waals surface area contributed by atoms with E-state index in [1.165, 1.54) is 0 Å². The minimum Gasteiger partial charge on any atom is -0.507 e. The first kappa shape index (κ1) is 14.1. The van der Waals surface area contributed by atoms with Gasteiger partial charge in [0.25, 0.3) is 0 Å². The number of phenolic OH excluding ortho intramolecular Hbond substituents is 1. The molecule has 106 valence electrons. The van der Waals surface area contributed by atoms with Crippen LogP contribution in [0.2, 0.25) is 10.0 Å². The molecule has 0 bridgehead atoms. The van der Waals surface area contributed by atoms with Gasteiger partial charge in [0.2, 0.25) is 0 Å². The fourth-order valence-corrected chi connectivity index (χ4v) is 2.70. The van der Waals surface area contributed by atoms with E-state index >= 15 is 0 Å². The van der Waals surface area contributed by atoms with Gasteiger partial charge in [-0.05, 0) is 35.9 Å². The smallest absolute Gasteiger partial charge is 0.123 e. The second-order valence-corrected chi connectivity index (χ2v) is 5.61. The third kappa shape index (κ3) is 2.92. The monoisotopic (exact) mass is 317 g/mol. The first-order valence-electron chi connectivity index (χ1n) is 6.53. The largest absolute Gasteiger partial charge is 0.507 e. The number of nitrogens with one attached hydrogen (secondary N) is 1. The molecule has 0 heterocycles. The van der Waals surface area contributed by atoms with Gasteiger partial charge in [-0.15, -0.1) is 0 Å². The summed E-state index contributed by atoms with van der Waals surface area (Å²) in [6.45, 7) is 0.564. The SMILES string of the molecule is Oc1cccc2c(NCc3cc(Cl)ccc3Cl)cccc12. The summed E-state index contributed by atoms with van der Waals surface area (Å²) in [6, 6.07) is 16.6. The van der Waals surface area contributed by atoms with Crippen molar-refractivity contribution >= 4 is 39.7 Å². The zero-order valence-corrected chi connectivity index (χ0v) is 12.6. The third-order valence-corrected chi connectivity index (χ3v) is 3.98. The second kappa shape index (κ2) is 5.84. The molecule has 0 radical (unpaired) electrons. The minimum absolute atomic E-state index is 0.275. The Morgan fingerprint density at radius 1 is 0.905 bits per heavy atom. The van der Waals surface area contributed by atoms with Gasteiger partial charge in [0.1, 0.15) is 5.75 Å². The molecule has 0 aliphatic carbocycles. The molecule has 0 aliphatic rings. The van der Waals surface area contributed by atoms with Crippen LogP contribution in [0, 0.1) is 0 Å². The van der Waals surface area contributed by atoms with Crippen molar-refractivity contribution in [2.24, 2.45) is 0 Å². The minimum atomic E-state index is 0.275. The Bertz CT molecular complexity index is 802. The average Bonchev–Trinajstić information content (AvgIpc) is 2.49. The van der Waals surface area contributed by atoms with Gasteiger partial charge in [-0.1, -0.05) is 47.5 Å². The van der Waals surface area contributed by atoms with Gasteiger partial charge in [-0.3, -0.25) is 0 Å². The summed E-state index contributed by atoms with van der Waals surface area (Å²) in [5.74, 6) is 0.275. The van der Waals surface area contributed by atoms with Crippen LogP contribution >= 0.6 is 23.2 Å². The molecule has 2 N–H and O–H groups in total. The Labute approximate surface area is 132 Å². The number of halogens is 2. The van der Waals surface area contributed by atoms with E-state index in [2.05, 4.69) is 5.32 Å². The Morgan fingerprint density at radius 2 is 1.67 bits per heavy atom. The summed E-state index contributed by atoms with van der Waals surface area (Å²) in [7, 11) is 0. The van der Waals surface area contributed by atoms with Crippen molar-refractivity contribution in [3.05, 3.63) is 70.2 Å². The van der Waals surface area contributed by atoms with E-state index in [1.807, 2.05) is 36.4 Å². The van der Waals surface area contributed by atoms with Crippen molar-refractivity contribution in [1.29, 1.82) is 0 Å². The quantitative estimate of drug-likeness (QED) is 0.671. The Hall–Kier alpha value is -1.90. The van der Waals surface area contributed by atoms with Crippen LogP contribution in [-0.4, -0.2) is 5.11 Å². The van der Waals surface area contributed by atoms with E-state index in [9.17, 15) is 5.11 Å². The molecule has 3 rings (SSSR count). The number of hydrogen-bond donors (Lipinski definition) is 2. The van der Waals surface area contributed by atoms with Gasteiger partial charge >= 0.3 is 0 Å². The van der Waals surface area contributed by atoms with E-state index in [4.69, 9.17) is 23.2 Å².